The van der Waals surface area contributed by atoms with Crippen molar-refractivity contribution in [2.75, 3.05) is 26.4 Å². The summed E-state index contributed by atoms with van der Waals surface area (Å²) in [5.74, 6) is -0.954. The lowest BCUT2D eigenvalue weighted by molar-refractivity contribution is -0.161. The number of esters is 2. The second kappa shape index (κ2) is 21.3. The molecule has 10 nitrogen and oxygen atoms in total. The average molecular weight is 513 g/mol. The van der Waals surface area contributed by atoms with Gasteiger partial charge < -0.3 is 24.6 Å². The molecule has 3 N–H and O–H groups in total. The third kappa shape index (κ3) is 20.4. The summed E-state index contributed by atoms with van der Waals surface area (Å²) in [5, 5.41) is 18.0. The van der Waals surface area contributed by atoms with E-state index in [-0.39, 0.29) is 19.4 Å². The molecule has 0 radical (unpaired) electrons. The van der Waals surface area contributed by atoms with Crippen LogP contribution >= 0.6 is 7.82 Å². The van der Waals surface area contributed by atoms with Gasteiger partial charge >= 0.3 is 19.8 Å². The van der Waals surface area contributed by atoms with Crippen LogP contribution in [0.1, 0.15) is 97.3 Å². The Balaban J connectivity index is 4.57. The van der Waals surface area contributed by atoms with E-state index in [9.17, 15) is 24.2 Å². The Bertz CT molecular complexity index is 572. The highest BCUT2D eigenvalue weighted by molar-refractivity contribution is 7.47. The molecule has 0 saturated carbocycles. The van der Waals surface area contributed by atoms with Crippen molar-refractivity contribution in [2.24, 2.45) is 0 Å². The number of carbonyl (C=O) groups is 2. The highest BCUT2D eigenvalue weighted by atomic mass is 31.2. The van der Waals surface area contributed by atoms with Gasteiger partial charge in [-0.25, -0.2) is 4.57 Å². The van der Waals surface area contributed by atoms with Crippen LogP contribution in [0.5, 0.6) is 0 Å². The van der Waals surface area contributed by atoms with E-state index >= 15 is 0 Å². The van der Waals surface area contributed by atoms with E-state index in [4.69, 9.17) is 19.1 Å². The smallest absolute Gasteiger partial charge is 0.462 e. The van der Waals surface area contributed by atoms with Gasteiger partial charge in [0.1, 0.15) is 12.7 Å². The normalized spacial score (nSPS) is 14.9. The predicted octanol–water partition coefficient (Wildman–Crippen LogP) is 4.04. The topological polar surface area (TPSA) is 149 Å². The molecule has 0 saturated heterocycles. The number of rotatable bonds is 23. The first-order chi connectivity index (χ1) is 16.2. The van der Waals surface area contributed by atoms with Crippen LogP contribution in [-0.2, 0) is 32.7 Å². The summed E-state index contributed by atoms with van der Waals surface area (Å²) in [6.07, 6.45) is 8.98. The van der Waals surface area contributed by atoms with Crippen LogP contribution in [0, 0.1) is 0 Å². The molecule has 34 heavy (non-hydrogen) atoms. The number of phosphoric acid groups is 1. The molecule has 0 rings (SSSR count). The van der Waals surface area contributed by atoms with Crippen LogP contribution in [0.15, 0.2) is 0 Å². The second-order valence-corrected chi connectivity index (χ2v) is 9.83. The highest BCUT2D eigenvalue weighted by Crippen LogP contribution is 2.43. The monoisotopic (exact) mass is 512 g/mol. The van der Waals surface area contributed by atoms with Gasteiger partial charge in [0.2, 0.25) is 0 Å². The zero-order chi connectivity index (χ0) is 25.7. The van der Waals surface area contributed by atoms with E-state index in [1.165, 1.54) is 19.3 Å². The fraction of sp³-hybridized carbons (Fsp3) is 0.913. The number of aliphatic hydroxyl groups is 2. The van der Waals surface area contributed by atoms with Crippen molar-refractivity contribution in [1.29, 1.82) is 0 Å². The first kappa shape index (κ1) is 33.0. The quantitative estimate of drug-likeness (QED) is 0.104. The molecule has 0 aromatic heterocycles. The Morgan fingerprint density at radius 3 is 1.85 bits per heavy atom. The van der Waals surface area contributed by atoms with Gasteiger partial charge in [-0.15, -0.1) is 0 Å². The van der Waals surface area contributed by atoms with Crippen LogP contribution in [0.3, 0.4) is 0 Å². The van der Waals surface area contributed by atoms with Crippen molar-refractivity contribution in [2.45, 2.75) is 110 Å². The van der Waals surface area contributed by atoms with Crippen molar-refractivity contribution < 1.29 is 47.8 Å². The molecule has 11 heteroatoms. The molecule has 0 aliphatic carbocycles. The molecule has 0 fully saturated rings. The zero-order valence-corrected chi connectivity index (χ0v) is 21.7. The first-order valence-corrected chi connectivity index (χ1v) is 14.0. The van der Waals surface area contributed by atoms with Gasteiger partial charge in [-0.05, 0) is 12.8 Å². The number of hydrogen-bond donors (Lipinski definition) is 3. The SMILES string of the molecule is CCCCCCCCCC(=O)OC(COC(=O)CCCCCC)COP(=O)(O)OCC(O)CO. The van der Waals surface area contributed by atoms with Gasteiger partial charge in [-0.1, -0.05) is 71.6 Å². The lowest BCUT2D eigenvalue weighted by atomic mass is 10.1. The summed E-state index contributed by atoms with van der Waals surface area (Å²) in [7, 11) is -4.57. The van der Waals surface area contributed by atoms with Crippen LogP contribution in [0.2, 0.25) is 0 Å². The first-order valence-electron chi connectivity index (χ1n) is 12.5. The number of carbonyl (C=O) groups excluding carboxylic acids is 2. The molecule has 0 heterocycles. The standard InChI is InChI=1S/C23H45O10P/c1-3-5-7-9-10-11-13-15-23(27)33-21(18-30-22(26)14-12-8-6-4-2)19-32-34(28,29)31-17-20(25)16-24/h20-21,24-25H,3-19H2,1-2H3,(H,28,29). The van der Waals surface area contributed by atoms with Crippen molar-refractivity contribution in [3.63, 3.8) is 0 Å². The fourth-order valence-corrected chi connectivity index (χ4v) is 3.78. The van der Waals surface area contributed by atoms with Crippen LogP contribution in [-0.4, -0.2) is 65.7 Å². The average Bonchev–Trinajstić information content (AvgIpc) is 2.81. The lowest BCUT2D eigenvalue weighted by Gasteiger charge is -2.20. The molecule has 0 aromatic carbocycles. The van der Waals surface area contributed by atoms with E-state index in [0.29, 0.717) is 12.8 Å². The van der Waals surface area contributed by atoms with E-state index < -0.39 is 51.8 Å². The summed E-state index contributed by atoms with van der Waals surface area (Å²) in [6, 6.07) is 0. The molecule has 0 aliphatic rings. The molecule has 0 aliphatic heterocycles. The molecule has 0 amide bonds. The van der Waals surface area contributed by atoms with Gasteiger partial charge in [-0.3, -0.25) is 18.6 Å². The third-order valence-electron chi connectivity index (χ3n) is 5.01. The molecule has 202 valence electrons. The Labute approximate surface area is 203 Å². The van der Waals surface area contributed by atoms with Gasteiger partial charge in [0.25, 0.3) is 0 Å². The Morgan fingerprint density at radius 1 is 0.765 bits per heavy atom. The molecule has 0 spiro atoms. The van der Waals surface area contributed by atoms with Gasteiger partial charge in [-0.2, -0.15) is 0 Å². The maximum atomic E-state index is 12.2. The lowest BCUT2D eigenvalue weighted by Crippen LogP contribution is -2.29. The molecule has 3 unspecified atom stereocenters. The number of aliphatic hydroxyl groups excluding tert-OH is 2. The summed E-state index contributed by atoms with van der Waals surface area (Å²) >= 11 is 0. The Hall–Kier alpha value is -1.03. The zero-order valence-electron chi connectivity index (χ0n) is 20.8. The minimum Gasteiger partial charge on any atom is -0.462 e. The van der Waals surface area contributed by atoms with Crippen molar-refractivity contribution in [3.05, 3.63) is 0 Å². The van der Waals surface area contributed by atoms with E-state index in [0.717, 1.165) is 38.5 Å². The maximum Gasteiger partial charge on any atom is 0.472 e. The fourth-order valence-electron chi connectivity index (χ4n) is 2.99. The minimum atomic E-state index is -4.57. The number of ether oxygens (including phenoxy) is 2. The van der Waals surface area contributed by atoms with Gasteiger partial charge in [0, 0.05) is 12.8 Å². The third-order valence-corrected chi connectivity index (χ3v) is 5.96. The Kier molecular flexibility index (Phi) is 20.6. The highest BCUT2D eigenvalue weighted by Gasteiger charge is 2.27. The van der Waals surface area contributed by atoms with E-state index in [2.05, 4.69) is 18.4 Å². The summed E-state index contributed by atoms with van der Waals surface area (Å²) in [4.78, 5) is 33.9. The van der Waals surface area contributed by atoms with Crippen LogP contribution in [0.25, 0.3) is 0 Å². The molecular formula is C23H45O10P. The van der Waals surface area contributed by atoms with Gasteiger partial charge in [0.05, 0.1) is 19.8 Å². The number of unbranched alkanes of at least 4 members (excludes halogenated alkanes) is 9. The van der Waals surface area contributed by atoms with Gasteiger partial charge in [0.15, 0.2) is 6.10 Å². The van der Waals surface area contributed by atoms with Crippen LogP contribution < -0.4 is 0 Å². The molecule has 0 bridgehead atoms. The van der Waals surface area contributed by atoms with Crippen molar-refractivity contribution >= 4 is 19.8 Å². The Morgan fingerprint density at radius 2 is 1.26 bits per heavy atom. The predicted molar refractivity (Wildman–Crippen MR) is 127 cm³/mol. The van der Waals surface area contributed by atoms with Crippen molar-refractivity contribution in [1.82, 2.24) is 0 Å². The molecule has 3 atom stereocenters. The van der Waals surface area contributed by atoms with E-state index in [1.54, 1.807) is 0 Å². The molecule has 0 aromatic rings. The molecular weight excluding hydrogens is 467 g/mol. The van der Waals surface area contributed by atoms with Crippen LogP contribution in [0.4, 0.5) is 0 Å². The summed E-state index contributed by atoms with van der Waals surface area (Å²) in [6.45, 7) is 2.12. The largest absolute Gasteiger partial charge is 0.472 e. The second-order valence-electron chi connectivity index (χ2n) is 8.37. The summed E-state index contributed by atoms with van der Waals surface area (Å²) < 4.78 is 31.9. The maximum absolute atomic E-state index is 12.2. The summed E-state index contributed by atoms with van der Waals surface area (Å²) in [5.41, 5.74) is 0. The van der Waals surface area contributed by atoms with Crippen molar-refractivity contribution in [3.8, 4) is 0 Å². The number of hydrogen-bond acceptors (Lipinski definition) is 9. The van der Waals surface area contributed by atoms with E-state index in [1.807, 2.05) is 0 Å². The number of phosphoric ester groups is 1. The minimum absolute atomic E-state index is 0.186.